The van der Waals surface area contributed by atoms with E-state index in [-0.39, 0.29) is 5.38 Å². The van der Waals surface area contributed by atoms with Gasteiger partial charge in [-0.2, -0.15) is 0 Å². The maximum atomic E-state index is 6.07. The van der Waals surface area contributed by atoms with E-state index in [0.717, 1.165) is 13.1 Å². The van der Waals surface area contributed by atoms with Crippen molar-refractivity contribution >= 4 is 23.4 Å². The maximum absolute atomic E-state index is 6.07. The molecule has 2 rings (SSSR count). The lowest BCUT2D eigenvalue weighted by Gasteiger charge is -2.14. The third kappa shape index (κ3) is 3.62. The molecule has 1 aromatic carbocycles. The van der Waals surface area contributed by atoms with Gasteiger partial charge in [-0.05, 0) is 11.6 Å². The molecule has 1 heterocycles. The molecular formula is C13H18ClNOS. The number of thioether (sulfide) groups is 1. The van der Waals surface area contributed by atoms with E-state index in [1.807, 2.05) is 11.8 Å². The maximum Gasteiger partial charge on any atom is 0.0693 e. The number of ether oxygens (including phenoxy) is 1. The summed E-state index contributed by atoms with van der Waals surface area (Å²) < 4.78 is 5.01. The first-order chi connectivity index (χ1) is 8.31. The van der Waals surface area contributed by atoms with Crippen LogP contribution in [-0.4, -0.2) is 37.9 Å². The number of alkyl halides is 1. The molecule has 4 heteroatoms. The fourth-order valence-electron chi connectivity index (χ4n) is 2.05. The number of halogens is 1. The summed E-state index contributed by atoms with van der Waals surface area (Å²) in [6.45, 7) is 2.40. The average molecular weight is 272 g/mol. The van der Waals surface area contributed by atoms with Gasteiger partial charge in [0.15, 0.2) is 0 Å². The molecule has 94 valence electrons. The van der Waals surface area contributed by atoms with Gasteiger partial charge in [-0.15, -0.1) is 23.4 Å². The number of nitrogens with one attached hydrogen (secondary N) is 1. The van der Waals surface area contributed by atoms with Gasteiger partial charge in [0.2, 0.25) is 0 Å². The van der Waals surface area contributed by atoms with Crippen LogP contribution in [0.3, 0.4) is 0 Å². The number of hydrogen-bond acceptors (Lipinski definition) is 3. The molecule has 0 aliphatic carbocycles. The summed E-state index contributed by atoms with van der Waals surface area (Å²) in [7, 11) is 1.68. The Labute approximate surface area is 112 Å². The predicted octanol–water partition coefficient (Wildman–Crippen LogP) is 2.72. The van der Waals surface area contributed by atoms with E-state index in [1.54, 1.807) is 7.11 Å². The molecule has 1 N–H and O–H groups in total. The molecular weight excluding hydrogens is 254 g/mol. The third-order valence-corrected chi connectivity index (χ3v) is 4.44. The number of rotatable bonds is 6. The van der Waals surface area contributed by atoms with Crippen molar-refractivity contribution < 1.29 is 4.74 Å². The molecule has 1 aromatic rings. The molecule has 0 fully saturated rings. The first-order valence-electron chi connectivity index (χ1n) is 5.86. The molecule has 1 aliphatic heterocycles. The van der Waals surface area contributed by atoms with Crippen LogP contribution in [0.4, 0.5) is 0 Å². The Kier molecular flexibility index (Phi) is 5.16. The van der Waals surface area contributed by atoms with Crippen LogP contribution in [-0.2, 0) is 4.74 Å². The zero-order chi connectivity index (χ0) is 12.1. The Morgan fingerprint density at radius 2 is 2.35 bits per heavy atom. The zero-order valence-corrected chi connectivity index (χ0v) is 11.6. The van der Waals surface area contributed by atoms with Gasteiger partial charge in [-0.1, -0.05) is 18.2 Å². The number of benzene rings is 1. The number of methoxy groups -OCH3 is 1. The molecule has 0 radical (unpaired) electrons. The van der Waals surface area contributed by atoms with Gasteiger partial charge in [0.05, 0.1) is 12.0 Å². The summed E-state index contributed by atoms with van der Waals surface area (Å²) in [4.78, 5) is 1.43. The van der Waals surface area contributed by atoms with E-state index in [4.69, 9.17) is 16.3 Å². The van der Waals surface area contributed by atoms with Gasteiger partial charge >= 0.3 is 0 Å². The molecule has 2 unspecified atom stereocenters. The lowest BCUT2D eigenvalue weighted by molar-refractivity contribution is 0.197. The van der Waals surface area contributed by atoms with Crippen molar-refractivity contribution in [2.45, 2.75) is 16.2 Å². The Hall–Kier alpha value is -0.220. The largest absolute Gasteiger partial charge is 0.383 e. The summed E-state index contributed by atoms with van der Waals surface area (Å²) >= 11 is 8.02. The summed E-state index contributed by atoms with van der Waals surface area (Å²) in [5.74, 6) is 1.78. The molecule has 2 nitrogen and oxygen atoms in total. The molecule has 17 heavy (non-hydrogen) atoms. The van der Waals surface area contributed by atoms with Crippen LogP contribution in [0.25, 0.3) is 0 Å². The summed E-state index contributed by atoms with van der Waals surface area (Å²) in [6.07, 6.45) is 0. The summed E-state index contributed by atoms with van der Waals surface area (Å²) in [6, 6.07) is 8.66. The average Bonchev–Trinajstić information content (AvgIpc) is 2.73. The molecule has 0 saturated carbocycles. The third-order valence-electron chi connectivity index (χ3n) is 2.90. The van der Waals surface area contributed by atoms with E-state index < -0.39 is 0 Å². The zero-order valence-electron chi connectivity index (χ0n) is 9.99. The summed E-state index contributed by atoms with van der Waals surface area (Å²) in [5.41, 5.74) is 1.47. The molecule has 0 aromatic heterocycles. The van der Waals surface area contributed by atoms with Crippen LogP contribution in [0.2, 0.25) is 0 Å². The monoisotopic (exact) mass is 271 g/mol. The Bertz CT molecular complexity index is 361. The minimum absolute atomic E-state index is 0.0595. The summed E-state index contributed by atoms with van der Waals surface area (Å²) in [5, 5.41) is 3.49. The quantitative estimate of drug-likeness (QED) is 0.804. The molecule has 0 bridgehead atoms. The molecule has 0 spiro atoms. The number of hydrogen-bond donors (Lipinski definition) is 1. The standard InChI is InChI=1S/C13H18ClNOS/c1-16-8-11(14)7-15-6-10-9-17-13-5-3-2-4-12(10)13/h2-5,10-11,15H,6-9H2,1H3. The molecule has 1 aliphatic rings. The van der Waals surface area contributed by atoms with Crippen molar-refractivity contribution in [1.82, 2.24) is 5.32 Å². The molecule has 0 amide bonds. The lowest BCUT2D eigenvalue weighted by atomic mass is 10.0. The van der Waals surface area contributed by atoms with E-state index in [1.165, 1.54) is 16.2 Å². The van der Waals surface area contributed by atoms with Crippen molar-refractivity contribution in [3.63, 3.8) is 0 Å². The topological polar surface area (TPSA) is 21.3 Å². The van der Waals surface area contributed by atoms with E-state index in [2.05, 4.69) is 29.6 Å². The molecule has 0 saturated heterocycles. The minimum Gasteiger partial charge on any atom is -0.383 e. The first kappa shape index (κ1) is 13.2. The van der Waals surface area contributed by atoms with Gasteiger partial charge in [0.25, 0.3) is 0 Å². The highest BCUT2D eigenvalue weighted by molar-refractivity contribution is 7.99. The first-order valence-corrected chi connectivity index (χ1v) is 7.29. The lowest BCUT2D eigenvalue weighted by Crippen LogP contribution is -2.30. The van der Waals surface area contributed by atoms with Crippen LogP contribution in [0, 0.1) is 0 Å². The normalized spacial score (nSPS) is 20.2. The van der Waals surface area contributed by atoms with Crippen molar-refractivity contribution in [1.29, 1.82) is 0 Å². The fraction of sp³-hybridized carbons (Fsp3) is 0.538. The van der Waals surface area contributed by atoms with Gasteiger partial charge < -0.3 is 10.1 Å². The van der Waals surface area contributed by atoms with Crippen molar-refractivity contribution in [3.8, 4) is 0 Å². The van der Waals surface area contributed by atoms with E-state index >= 15 is 0 Å². The van der Waals surface area contributed by atoms with Crippen LogP contribution < -0.4 is 5.32 Å². The van der Waals surface area contributed by atoms with E-state index in [0.29, 0.717) is 12.5 Å². The van der Waals surface area contributed by atoms with Crippen molar-refractivity contribution in [2.75, 3.05) is 32.6 Å². The predicted molar refractivity (Wildman–Crippen MR) is 74.3 cm³/mol. The highest BCUT2D eigenvalue weighted by atomic mass is 35.5. The van der Waals surface area contributed by atoms with Gasteiger partial charge in [-0.25, -0.2) is 0 Å². The second-order valence-corrected chi connectivity index (χ2v) is 5.94. The van der Waals surface area contributed by atoms with Gasteiger partial charge in [-0.3, -0.25) is 0 Å². The van der Waals surface area contributed by atoms with Crippen molar-refractivity contribution in [2.24, 2.45) is 0 Å². The van der Waals surface area contributed by atoms with Crippen LogP contribution in [0.1, 0.15) is 11.5 Å². The fourth-order valence-corrected chi connectivity index (χ4v) is 3.54. The van der Waals surface area contributed by atoms with Crippen LogP contribution >= 0.6 is 23.4 Å². The van der Waals surface area contributed by atoms with E-state index in [9.17, 15) is 0 Å². The van der Waals surface area contributed by atoms with Crippen LogP contribution in [0.15, 0.2) is 29.2 Å². The second kappa shape index (κ2) is 6.64. The number of fused-ring (bicyclic) bond motifs is 1. The Balaban J connectivity index is 1.78. The highest BCUT2D eigenvalue weighted by Gasteiger charge is 2.22. The Morgan fingerprint density at radius 3 is 3.18 bits per heavy atom. The van der Waals surface area contributed by atoms with Gasteiger partial charge in [0, 0.05) is 36.8 Å². The molecule has 2 atom stereocenters. The van der Waals surface area contributed by atoms with Crippen LogP contribution in [0.5, 0.6) is 0 Å². The second-order valence-electron chi connectivity index (χ2n) is 4.26. The minimum atomic E-state index is 0.0595. The Morgan fingerprint density at radius 1 is 1.53 bits per heavy atom. The smallest absolute Gasteiger partial charge is 0.0693 e. The van der Waals surface area contributed by atoms with Crippen molar-refractivity contribution in [3.05, 3.63) is 29.8 Å². The SMILES string of the molecule is COCC(Cl)CNCC1CSc2ccccc21. The van der Waals surface area contributed by atoms with Gasteiger partial charge in [0.1, 0.15) is 0 Å². The highest BCUT2D eigenvalue weighted by Crippen LogP contribution is 2.38.